The second kappa shape index (κ2) is 6.25. The quantitative estimate of drug-likeness (QED) is 0.876. The maximum absolute atomic E-state index is 10.3. The molecule has 0 bridgehead atoms. The lowest BCUT2D eigenvalue weighted by atomic mass is 9.73. The summed E-state index contributed by atoms with van der Waals surface area (Å²) in [6, 6.07) is 8.00. The average Bonchev–Trinajstić information content (AvgIpc) is 2.37. The monoisotopic (exact) mass is 281 g/mol. The van der Waals surface area contributed by atoms with Crippen LogP contribution in [0.5, 0.6) is 0 Å². The number of aliphatic hydroxyl groups excluding tert-OH is 1. The van der Waals surface area contributed by atoms with Gasteiger partial charge in [0.1, 0.15) is 0 Å². The van der Waals surface area contributed by atoms with Gasteiger partial charge < -0.3 is 10.4 Å². The number of hydrogen-bond donors (Lipinski definition) is 2. The van der Waals surface area contributed by atoms with E-state index < -0.39 is 6.10 Å². The molecule has 106 valence electrons. The van der Waals surface area contributed by atoms with Crippen molar-refractivity contribution in [3.8, 4) is 0 Å². The van der Waals surface area contributed by atoms with Crippen molar-refractivity contribution in [1.82, 2.24) is 5.32 Å². The number of rotatable bonds is 4. The fraction of sp³-hybridized carbons (Fsp3) is 0.625. The van der Waals surface area contributed by atoms with Gasteiger partial charge in [-0.2, -0.15) is 0 Å². The Balaban J connectivity index is 1.93. The van der Waals surface area contributed by atoms with Crippen LogP contribution >= 0.6 is 11.6 Å². The molecule has 2 nitrogen and oxygen atoms in total. The number of nitrogens with one attached hydrogen (secondary N) is 1. The Kier molecular flexibility index (Phi) is 4.88. The van der Waals surface area contributed by atoms with Crippen LogP contribution in [0.1, 0.15) is 51.2 Å². The van der Waals surface area contributed by atoms with E-state index in [0.29, 0.717) is 23.0 Å². The highest BCUT2D eigenvalue weighted by atomic mass is 35.5. The minimum atomic E-state index is -0.536. The van der Waals surface area contributed by atoms with Gasteiger partial charge in [-0.05, 0) is 24.3 Å². The number of halogens is 1. The fourth-order valence-electron chi connectivity index (χ4n) is 2.98. The second-order valence-electron chi connectivity index (χ2n) is 6.23. The van der Waals surface area contributed by atoms with Gasteiger partial charge in [0.15, 0.2) is 0 Å². The second-order valence-corrected chi connectivity index (χ2v) is 6.64. The van der Waals surface area contributed by atoms with Gasteiger partial charge in [0.25, 0.3) is 0 Å². The first-order chi connectivity index (χ1) is 9.00. The number of hydrogen-bond acceptors (Lipinski definition) is 2. The molecule has 0 radical (unpaired) electrons. The van der Waals surface area contributed by atoms with Crippen LogP contribution in [0.25, 0.3) is 0 Å². The van der Waals surface area contributed by atoms with Gasteiger partial charge >= 0.3 is 0 Å². The normalized spacial score (nSPS) is 24.1. The zero-order valence-corrected chi connectivity index (χ0v) is 12.6. The molecule has 1 saturated carbocycles. The predicted octanol–water partition coefficient (Wildman–Crippen LogP) is 3.93. The van der Waals surface area contributed by atoms with Crippen molar-refractivity contribution in [3.63, 3.8) is 0 Å². The van der Waals surface area contributed by atoms with Crippen LogP contribution in [0.15, 0.2) is 24.3 Å². The van der Waals surface area contributed by atoms with Crippen LogP contribution in [-0.4, -0.2) is 17.7 Å². The Labute approximate surface area is 121 Å². The van der Waals surface area contributed by atoms with E-state index in [0.717, 1.165) is 5.56 Å². The van der Waals surface area contributed by atoms with Crippen molar-refractivity contribution >= 4 is 11.6 Å². The fourth-order valence-corrected chi connectivity index (χ4v) is 3.24. The van der Waals surface area contributed by atoms with E-state index in [1.54, 1.807) is 0 Å². The molecule has 1 aromatic rings. The molecule has 2 unspecified atom stereocenters. The molecule has 2 atom stereocenters. The van der Waals surface area contributed by atoms with Gasteiger partial charge in [-0.1, -0.05) is 56.5 Å². The van der Waals surface area contributed by atoms with Gasteiger partial charge in [-0.3, -0.25) is 0 Å². The third-order valence-electron chi connectivity index (χ3n) is 4.33. The highest BCUT2D eigenvalue weighted by Gasteiger charge is 2.32. The summed E-state index contributed by atoms with van der Waals surface area (Å²) in [5.74, 6) is 0. The molecule has 2 rings (SSSR count). The molecule has 0 aliphatic heterocycles. The van der Waals surface area contributed by atoms with Crippen molar-refractivity contribution in [1.29, 1.82) is 0 Å². The molecule has 3 heteroatoms. The van der Waals surface area contributed by atoms with E-state index in [-0.39, 0.29) is 0 Å². The van der Waals surface area contributed by atoms with Crippen LogP contribution in [-0.2, 0) is 0 Å². The largest absolute Gasteiger partial charge is 0.387 e. The first-order valence-corrected chi connectivity index (χ1v) is 7.54. The Morgan fingerprint density at radius 2 is 2.11 bits per heavy atom. The van der Waals surface area contributed by atoms with E-state index in [4.69, 9.17) is 11.6 Å². The lowest BCUT2D eigenvalue weighted by molar-refractivity contribution is 0.127. The molecule has 1 aromatic carbocycles. The van der Waals surface area contributed by atoms with E-state index in [2.05, 4.69) is 19.2 Å². The first-order valence-electron chi connectivity index (χ1n) is 7.16. The molecular weight excluding hydrogens is 258 g/mol. The topological polar surface area (TPSA) is 32.3 Å². The smallest absolute Gasteiger partial charge is 0.0928 e. The van der Waals surface area contributed by atoms with Crippen molar-refractivity contribution in [2.75, 3.05) is 6.54 Å². The van der Waals surface area contributed by atoms with Crippen LogP contribution < -0.4 is 5.32 Å². The Bertz CT molecular complexity index is 419. The zero-order valence-electron chi connectivity index (χ0n) is 11.8. The molecule has 2 N–H and O–H groups in total. The van der Waals surface area contributed by atoms with E-state index >= 15 is 0 Å². The molecule has 0 amide bonds. The first kappa shape index (κ1) is 14.8. The third-order valence-corrected chi connectivity index (χ3v) is 4.67. The zero-order chi connectivity index (χ0) is 13.9. The van der Waals surface area contributed by atoms with Gasteiger partial charge in [-0.25, -0.2) is 0 Å². The van der Waals surface area contributed by atoms with Crippen molar-refractivity contribution < 1.29 is 5.11 Å². The summed E-state index contributed by atoms with van der Waals surface area (Å²) in [5, 5.41) is 14.4. The molecule has 0 spiro atoms. The Morgan fingerprint density at radius 3 is 2.79 bits per heavy atom. The van der Waals surface area contributed by atoms with Crippen molar-refractivity contribution in [3.05, 3.63) is 34.9 Å². The van der Waals surface area contributed by atoms with Gasteiger partial charge in [0.2, 0.25) is 0 Å². The van der Waals surface area contributed by atoms with Crippen molar-refractivity contribution in [2.45, 2.75) is 51.7 Å². The lowest BCUT2D eigenvalue weighted by Gasteiger charge is -2.39. The summed E-state index contributed by atoms with van der Waals surface area (Å²) >= 11 is 6.11. The molecule has 0 saturated heterocycles. The van der Waals surface area contributed by atoms with E-state index in [1.807, 2.05) is 24.3 Å². The highest BCUT2D eigenvalue weighted by Crippen LogP contribution is 2.35. The van der Waals surface area contributed by atoms with Crippen LogP contribution in [0, 0.1) is 5.41 Å². The summed E-state index contributed by atoms with van der Waals surface area (Å²) in [4.78, 5) is 0. The molecule has 1 fully saturated rings. The summed E-state index contributed by atoms with van der Waals surface area (Å²) < 4.78 is 0. The predicted molar refractivity (Wildman–Crippen MR) is 80.5 cm³/mol. The minimum Gasteiger partial charge on any atom is -0.387 e. The minimum absolute atomic E-state index is 0.318. The molecule has 0 aromatic heterocycles. The van der Waals surface area contributed by atoms with Crippen LogP contribution in [0.2, 0.25) is 5.02 Å². The molecule has 0 heterocycles. The Hall–Kier alpha value is -0.570. The number of benzene rings is 1. The van der Waals surface area contributed by atoms with Crippen LogP contribution in [0.4, 0.5) is 0 Å². The standard InChI is InChI=1S/C16H24ClNO/c1-16(2)10-6-5-9-15(16)18-11-14(19)12-7-3-4-8-13(12)17/h3-4,7-8,14-15,18-19H,5-6,9-11H2,1-2H3. The van der Waals surface area contributed by atoms with Gasteiger partial charge in [0.05, 0.1) is 6.10 Å². The molecular formula is C16H24ClNO. The van der Waals surface area contributed by atoms with Crippen LogP contribution in [0.3, 0.4) is 0 Å². The summed E-state index contributed by atoms with van der Waals surface area (Å²) in [7, 11) is 0. The van der Waals surface area contributed by atoms with Gasteiger partial charge in [-0.15, -0.1) is 0 Å². The maximum Gasteiger partial charge on any atom is 0.0928 e. The lowest BCUT2D eigenvalue weighted by Crippen LogP contribution is -2.45. The highest BCUT2D eigenvalue weighted by molar-refractivity contribution is 6.31. The molecule has 19 heavy (non-hydrogen) atoms. The summed E-state index contributed by atoms with van der Waals surface area (Å²) in [6.45, 7) is 5.19. The van der Waals surface area contributed by atoms with E-state index in [1.165, 1.54) is 25.7 Å². The van der Waals surface area contributed by atoms with Crippen molar-refractivity contribution in [2.24, 2.45) is 5.41 Å². The van der Waals surface area contributed by atoms with E-state index in [9.17, 15) is 5.11 Å². The summed E-state index contributed by atoms with van der Waals surface area (Å²) in [6.07, 6.45) is 4.52. The van der Waals surface area contributed by atoms with Gasteiger partial charge in [0, 0.05) is 23.2 Å². The maximum atomic E-state index is 10.3. The number of aliphatic hydroxyl groups is 1. The molecule has 1 aliphatic rings. The Morgan fingerprint density at radius 1 is 1.37 bits per heavy atom. The third kappa shape index (κ3) is 3.71. The molecule has 1 aliphatic carbocycles. The average molecular weight is 282 g/mol. The summed E-state index contributed by atoms with van der Waals surface area (Å²) in [5.41, 5.74) is 1.13. The SMILES string of the molecule is CC1(C)CCCCC1NCC(O)c1ccccc1Cl.